The highest BCUT2D eigenvalue weighted by Gasteiger charge is 2.29. The maximum absolute atomic E-state index is 11.0. The molecule has 8 heteroatoms. The van der Waals surface area contributed by atoms with Crippen LogP contribution in [0.15, 0.2) is 28.8 Å². The van der Waals surface area contributed by atoms with Gasteiger partial charge in [0.05, 0.1) is 12.0 Å². The molecule has 1 aromatic heterocycles. The summed E-state index contributed by atoms with van der Waals surface area (Å²) in [5, 5.41) is 13.8. The highest BCUT2D eigenvalue weighted by Crippen LogP contribution is 2.26. The maximum atomic E-state index is 11.0. The summed E-state index contributed by atoms with van der Waals surface area (Å²) in [7, 11) is 0. The van der Waals surface area contributed by atoms with Gasteiger partial charge in [-0.05, 0) is 50.6 Å². The van der Waals surface area contributed by atoms with Gasteiger partial charge in [-0.1, -0.05) is 28.9 Å². The Morgan fingerprint density at radius 2 is 2.00 bits per heavy atom. The van der Waals surface area contributed by atoms with Gasteiger partial charge < -0.3 is 9.63 Å². The lowest BCUT2D eigenvalue weighted by Crippen LogP contribution is -2.38. The Kier molecular flexibility index (Phi) is 6.81. The molecule has 1 atom stereocenters. The third-order valence-electron chi connectivity index (χ3n) is 4.54. The molecule has 2 aromatic rings. The van der Waals surface area contributed by atoms with Crippen LogP contribution in [0.25, 0.3) is 0 Å². The summed E-state index contributed by atoms with van der Waals surface area (Å²) in [5.41, 5.74) is 1.07. The minimum Gasteiger partial charge on any atom is -0.481 e. The van der Waals surface area contributed by atoms with E-state index in [1.165, 1.54) is 0 Å². The number of aliphatic carboxylic acids is 1. The van der Waals surface area contributed by atoms with E-state index in [1.807, 2.05) is 31.2 Å². The minimum atomic E-state index is -0.703. The van der Waals surface area contributed by atoms with Crippen LogP contribution in [0.2, 0.25) is 5.02 Å². The molecular formula is C17H21Cl2N3O3. The molecule has 1 saturated heterocycles. The number of likely N-dealkylation sites (tertiary alicyclic amines) is 1. The number of piperidine rings is 1. The van der Waals surface area contributed by atoms with Gasteiger partial charge in [-0.25, -0.2) is 0 Å². The van der Waals surface area contributed by atoms with Gasteiger partial charge >= 0.3 is 5.97 Å². The summed E-state index contributed by atoms with van der Waals surface area (Å²) in [6.07, 6.45) is 1.91. The number of aromatic nitrogens is 2. The highest BCUT2D eigenvalue weighted by molar-refractivity contribution is 6.30. The Balaban J connectivity index is 0.00000225. The average molecular weight is 386 g/mol. The Morgan fingerprint density at radius 3 is 2.60 bits per heavy atom. The first-order valence-electron chi connectivity index (χ1n) is 8.06. The first kappa shape index (κ1) is 19.7. The van der Waals surface area contributed by atoms with Crippen LogP contribution in [0.3, 0.4) is 0 Å². The SMILES string of the molecule is CC(c1nc(Cc2ccc(Cl)cc2)no1)N1CCC(C(=O)O)CC1.Cl. The summed E-state index contributed by atoms with van der Waals surface area (Å²) in [4.78, 5) is 17.7. The van der Waals surface area contributed by atoms with E-state index in [1.54, 1.807) is 0 Å². The van der Waals surface area contributed by atoms with Gasteiger partial charge in [-0.2, -0.15) is 4.98 Å². The third-order valence-corrected chi connectivity index (χ3v) is 4.80. The fourth-order valence-corrected chi connectivity index (χ4v) is 3.11. The molecule has 2 heterocycles. The molecule has 6 nitrogen and oxygen atoms in total. The average Bonchev–Trinajstić information content (AvgIpc) is 3.05. The van der Waals surface area contributed by atoms with E-state index in [-0.39, 0.29) is 24.4 Å². The number of rotatable bonds is 5. The summed E-state index contributed by atoms with van der Waals surface area (Å²) in [6.45, 7) is 3.47. The van der Waals surface area contributed by atoms with Crippen LogP contribution < -0.4 is 0 Å². The molecule has 0 bridgehead atoms. The van der Waals surface area contributed by atoms with Crippen LogP contribution >= 0.6 is 24.0 Å². The van der Waals surface area contributed by atoms with Crippen molar-refractivity contribution in [3.63, 3.8) is 0 Å². The highest BCUT2D eigenvalue weighted by atomic mass is 35.5. The van der Waals surface area contributed by atoms with E-state index in [2.05, 4.69) is 15.0 Å². The van der Waals surface area contributed by atoms with E-state index in [4.69, 9.17) is 21.2 Å². The molecule has 0 spiro atoms. The molecule has 25 heavy (non-hydrogen) atoms. The van der Waals surface area contributed by atoms with Gasteiger partial charge in [0.1, 0.15) is 0 Å². The molecule has 0 radical (unpaired) electrons. The van der Waals surface area contributed by atoms with Crippen LogP contribution in [0.4, 0.5) is 0 Å². The Labute approximate surface area is 157 Å². The summed E-state index contributed by atoms with van der Waals surface area (Å²) in [6, 6.07) is 7.56. The molecule has 1 aromatic carbocycles. The lowest BCUT2D eigenvalue weighted by Gasteiger charge is -2.32. The minimum absolute atomic E-state index is 0. The van der Waals surface area contributed by atoms with Gasteiger partial charge in [0.2, 0.25) is 5.89 Å². The fourth-order valence-electron chi connectivity index (χ4n) is 2.98. The van der Waals surface area contributed by atoms with Crippen molar-refractivity contribution in [2.45, 2.75) is 32.2 Å². The van der Waals surface area contributed by atoms with Crippen molar-refractivity contribution in [2.24, 2.45) is 5.92 Å². The number of nitrogens with zero attached hydrogens (tertiary/aromatic N) is 3. The number of hydrogen-bond acceptors (Lipinski definition) is 5. The molecule has 1 N–H and O–H groups in total. The van der Waals surface area contributed by atoms with Crippen molar-refractivity contribution >= 4 is 30.0 Å². The van der Waals surface area contributed by atoms with E-state index in [0.29, 0.717) is 36.0 Å². The lowest BCUT2D eigenvalue weighted by atomic mass is 9.96. The zero-order valence-electron chi connectivity index (χ0n) is 13.9. The molecule has 136 valence electrons. The number of carboxylic acids is 1. The zero-order valence-corrected chi connectivity index (χ0v) is 15.5. The standard InChI is InChI=1S/C17H20ClN3O3.ClH/c1-11(21-8-6-13(7-9-21)17(22)23)16-19-15(20-24-16)10-12-2-4-14(18)5-3-12;/h2-5,11,13H,6-10H2,1H3,(H,22,23);1H. The molecule has 0 aliphatic carbocycles. The second-order valence-corrected chi connectivity index (χ2v) is 6.61. The second kappa shape index (κ2) is 8.65. The first-order valence-corrected chi connectivity index (χ1v) is 8.44. The zero-order chi connectivity index (χ0) is 17.1. The molecule has 0 amide bonds. The number of carbonyl (C=O) groups is 1. The van der Waals surface area contributed by atoms with Crippen molar-refractivity contribution in [1.29, 1.82) is 0 Å². The van der Waals surface area contributed by atoms with E-state index < -0.39 is 5.97 Å². The smallest absolute Gasteiger partial charge is 0.306 e. The van der Waals surface area contributed by atoms with E-state index in [9.17, 15) is 4.79 Å². The summed E-state index contributed by atoms with van der Waals surface area (Å²) < 4.78 is 5.40. The normalized spacial score (nSPS) is 17.0. The number of hydrogen-bond donors (Lipinski definition) is 1. The Hall–Kier alpha value is -1.63. The van der Waals surface area contributed by atoms with Crippen molar-refractivity contribution in [2.75, 3.05) is 13.1 Å². The van der Waals surface area contributed by atoms with Crippen LogP contribution in [0.1, 0.15) is 43.1 Å². The monoisotopic (exact) mass is 385 g/mol. The lowest BCUT2D eigenvalue weighted by molar-refractivity contribution is -0.143. The molecule has 1 aliphatic heterocycles. The number of carboxylic acid groups (broad SMARTS) is 1. The molecule has 3 rings (SSSR count). The van der Waals surface area contributed by atoms with Crippen LogP contribution in [0.5, 0.6) is 0 Å². The van der Waals surface area contributed by atoms with Crippen LogP contribution in [0, 0.1) is 5.92 Å². The second-order valence-electron chi connectivity index (χ2n) is 6.18. The predicted molar refractivity (Wildman–Crippen MR) is 96.2 cm³/mol. The number of benzene rings is 1. The van der Waals surface area contributed by atoms with Crippen molar-refractivity contribution in [3.8, 4) is 0 Å². The summed E-state index contributed by atoms with van der Waals surface area (Å²) >= 11 is 5.88. The van der Waals surface area contributed by atoms with Crippen molar-refractivity contribution < 1.29 is 14.4 Å². The van der Waals surface area contributed by atoms with Gasteiger partial charge in [0.25, 0.3) is 0 Å². The molecule has 0 saturated carbocycles. The largest absolute Gasteiger partial charge is 0.481 e. The van der Waals surface area contributed by atoms with Crippen LogP contribution in [-0.4, -0.2) is 39.2 Å². The van der Waals surface area contributed by atoms with Gasteiger partial charge in [-0.3, -0.25) is 9.69 Å². The number of halogens is 2. The van der Waals surface area contributed by atoms with Gasteiger partial charge in [-0.15, -0.1) is 12.4 Å². The van der Waals surface area contributed by atoms with Gasteiger partial charge in [0.15, 0.2) is 5.82 Å². The van der Waals surface area contributed by atoms with Crippen molar-refractivity contribution in [1.82, 2.24) is 15.0 Å². The molecule has 1 fully saturated rings. The topological polar surface area (TPSA) is 79.5 Å². The van der Waals surface area contributed by atoms with Crippen molar-refractivity contribution in [3.05, 3.63) is 46.6 Å². The molecule has 1 aliphatic rings. The Bertz CT molecular complexity index is 697. The molecule has 1 unspecified atom stereocenters. The maximum Gasteiger partial charge on any atom is 0.306 e. The predicted octanol–water partition coefficient (Wildman–Crippen LogP) is 3.59. The first-order chi connectivity index (χ1) is 11.5. The summed E-state index contributed by atoms with van der Waals surface area (Å²) in [5.74, 6) is 0.272. The van der Waals surface area contributed by atoms with Gasteiger partial charge in [0, 0.05) is 11.4 Å². The van der Waals surface area contributed by atoms with E-state index in [0.717, 1.165) is 18.7 Å². The third kappa shape index (κ3) is 4.93. The van der Waals surface area contributed by atoms with Crippen LogP contribution in [-0.2, 0) is 11.2 Å². The Morgan fingerprint density at radius 1 is 1.36 bits per heavy atom. The van der Waals surface area contributed by atoms with E-state index >= 15 is 0 Å². The molecular weight excluding hydrogens is 365 g/mol. The fraction of sp³-hybridized carbons (Fsp3) is 0.471. The quantitative estimate of drug-likeness (QED) is 0.846.